The van der Waals surface area contributed by atoms with E-state index >= 15 is 0 Å². The highest BCUT2D eigenvalue weighted by Gasteiger charge is 2.19. The maximum atomic E-state index is 5.85. The molecule has 0 aromatic heterocycles. The molecule has 3 unspecified atom stereocenters. The standard InChI is InChI=1S/C12H24N2S/c1-10(6-7-15-3)14(2)9-11-4-5-12(13)8-11/h4-5,10-12H,6-9,13H2,1-3H3. The van der Waals surface area contributed by atoms with Crippen molar-refractivity contribution in [2.45, 2.75) is 31.8 Å². The third-order valence-corrected chi connectivity index (χ3v) is 3.86. The molecule has 2 nitrogen and oxygen atoms in total. The second kappa shape index (κ2) is 6.56. The van der Waals surface area contributed by atoms with Crippen molar-refractivity contribution in [3.63, 3.8) is 0 Å². The molecule has 0 fully saturated rings. The summed E-state index contributed by atoms with van der Waals surface area (Å²) in [5, 5.41) is 0. The summed E-state index contributed by atoms with van der Waals surface area (Å²) in [6, 6.07) is 0.979. The molecule has 0 radical (unpaired) electrons. The normalized spacial score (nSPS) is 27.5. The summed E-state index contributed by atoms with van der Waals surface area (Å²) in [6.07, 6.45) is 9.00. The number of rotatable bonds is 6. The molecule has 0 heterocycles. The first-order valence-corrected chi connectivity index (χ1v) is 7.16. The van der Waals surface area contributed by atoms with Crippen molar-refractivity contribution in [2.75, 3.05) is 25.6 Å². The average molecular weight is 228 g/mol. The van der Waals surface area contributed by atoms with Gasteiger partial charge in [-0.2, -0.15) is 11.8 Å². The van der Waals surface area contributed by atoms with Crippen molar-refractivity contribution in [1.82, 2.24) is 4.90 Å². The van der Waals surface area contributed by atoms with Crippen LogP contribution in [0, 0.1) is 5.92 Å². The van der Waals surface area contributed by atoms with Gasteiger partial charge >= 0.3 is 0 Å². The molecule has 1 aliphatic rings. The Morgan fingerprint density at radius 3 is 2.80 bits per heavy atom. The van der Waals surface area contributed by atoms with Gasteiger partial charge in [0, 0.05) is 18.6 Å². The van der Waals surface area contributed by atoms with Gasteiger partial charge in [0.15, 0.2) is 0 Å². The SMILES string of the molecule is CSCCC(C)N(C)CC1C=CC(N)C1. The van der Waals surface area contributed by atoms with Crippen LogP contribution in [0.3, 0.4) is 0 Å². The first-order valence-electron chi connectivity index (χ1n) is 5.76. The highest BCUT2D eigenvalue weighted by atomic mass is 32.2. The fourth-order valence-electron chi connectivity index (χ4n) is 2.00. The second-order valence-electron chi connectivity index (χ2n) is 4.61. The fraction of sp³-hybridized carbons (Fsp3) is 0.833. The molecule has 2 N–H and O–H groups in total. The molecule has 0 bridgehead atoms. The summed E-state index contributed by atoms with van der Waals surface area (Å²) in [4.78, 5) is 2.46. The first-order chi connectivity index (χ1) is 7.13. The molecule has 0 amide bonds. The van der Waals surface area contributed by atoms with Gasteiger partial charge in [0.1, 0.15) is 0 Å². The first kappa shape index (κ1) is 13.1. The highest BCUT2D eigenvalue weighted by molar-refractivity contribution is 7.98. The van der Waals surface area contributed by atoms with Crippen molar-refractivity contribution in [3.05, 3.63) is 12.2 Å². The lowest BCUT2D eigenvalue weighted by Gasteiger charge is -2.27. The molecule has 3 heteroatoms. The molecule has 88 valence electrons. The van der Waals surface area contributed by atoms with Gasteiger partial charge in [0.25, 0.3) is 0 Å². The minimum absolute atomic E-state index is 0.296. The van der Waals surface area contributed by atoms with Crippen LogP contribution in [0.1, 0.15) is 19.8 Å². The molecule has 0 aromatic carbocycles. The molecular formula is C12H24N2S. The average Bonchev–Trinajstić information content (AvgIpc) is 2.60. The summed E-state index contributed by atoms with van der Waals surface area (Å²) in [5.74, 6) is 1.92. The largest absolute Gasteiger partial charge is 0.324 e. The molecule has 0 saturated heterocycles. The van der Waals surface area contributed by atoms with E-state index in [-0.39, 0.29) is 0 Å². The van der Waals surface area contributed by atoms with Gasteiger partial charge in [-0.25, -0.2) is 0 Å². The zero-order chi connectivity index (χ0) is 11.3. The van der Waals surface area contributed by atoms with Gasteiger partial charge in [-0.3, -0.25) is 0 Å². The van der Waals surface area contributed by atoms with E-state index in [1.807, 2.05) is 11.8 Å². The Kier molecular flexibility index (Phi) is 5.72. The second-order valence-corrected chi connectivity index (χ2v) is 5.60. The van der Waals surface area contributed by atoms with E-state index in [4.69, 9.17) is 5.73 Å². The zero-order valence-electron chi connectivity index (χ0n) is 10.1. The predicted molar refractivity (Wildman–Crippen MR) is 70.3 cm³/mol. The molecule has 0 spiro atoms. The Morgan fingerprint density at radius 1 is 1.53 bits per heavy atom. The Balaban J connectivity index is 2.22. The quantitative estimate of drug-likeness (QED) is 0.705. The van der Waals surface area contributed by atoms with E-state index in [2.05, 4.69) is 37.3 Å². The van der Waals surface area contributed by atoms with Crippen LogP contribution in [0.4, 0.5) is 0 Å². The third kappa shape index (κ3) is 4.58. The van der Waals surface area contributed by atoms with Crippen LogP contribution in [-0.2, 0) is 0 Å². The fourth-order valence-corrected chi connectivity index (χ4v) is 2.58. The van der Waals surface area contributed by atoms with Crippen LogP contribution in [0.5, 0.6) is 0 Å². The van der Waals surface area contributed by atoms with Crippen LogP contribution in [-0.4, -0.2) is 42.6 Å². The van der Waals surface area contributed by atoms with Gasteiger partial charge in [-0.15, -0.1) is 0 Å². The van der Waals surface area contributed by atoms with Crippen molar-refractivity contribution in [3.8, 4) is 0 Å². The number of hydrogen-bond donors (Lipinski definition) is 1. The number of thioether (sulfide) groups is 1. The smallest absolute Gasteiger partial charge is 0.0229 e. The molecule has 15 heavy (non-hydrogen) atoms. The maximum absolute atomic E-state index is 5.85. The highest BCUT2D eigenvalue weighted by Crippen LogP contribution is 2.18. The van der Waals surface area contributed by atoms with Crippen LogP contribution in [0.25, 0.3) is 0 Å². The number of nitrogens with two attached hydrogens (primary N) is 1. The van der Waals surface area contributed by atoms with Crippen molar-refractivity contribution in [2.24, 2.45) is 11.7 Å². The summed E-state index contributed by atoms with van der Waals surface area (Å²) < 4.78 is 0. The van der Waals surface area contributed by atoms with E-state index in [0.29, 0.717) is 18.0 Å². The van der Waals surface area contributed by atoms with Crippen LogP contribution in [0.15, 0.2) is 12.2 Å². The summed E-state index contributed by atoms with van der Waals surface area (Å²) in [6.45, 7) is 3.47. The molecule has 0 aromatic rings. The van der Waals surface area contributed by atoms with E-state index in [1.165, 1.54) is 12.2 Å². The Hall–Kier alpha value is 0.01000. The zero-order valence-corrected chi connectivity index (χ0v) is 11.0. The third-order valence-electron chi connectivity index (χ3n) is 3.22. The lowest BCUT2D eigenvalue weighted by Crippen LogP contribution is -2.34. The minimum atomic E-state index is 0.296. The summed E-state index contributed by atoms with van der Waals surface area (Å²) in [7, 11) is 2.22. The van der Waals surface area contributed by atoms with Crippen molar-refractivity contribution in [1.29, 1.82) is 0 Å². The van der Waals surface area contributed by atoms with Crippen molar-refractivity contribution >= 4 is 11.8 Å². The maximum Gasteiger partial charge on any atom is 0.0229 e. The Labute approximate surface area is 98.3 Å². The van der Waals surface area contributed by atoms with Gasteiger partial charge < -0.3 is 10.6 Å². The number of hydrogen-bond acceptors (Lipinski definition) is 3. The molecule has 3 atom stereocenters. The molecule has 1 aliphatic carbocycles. The molecule has 0 saturated carbocycles. The molecule has 1 rings (SSSR count). The lowest BCUT2D eigenvalue weighted by atomic mass is 10.1. The van der Waals surface area contributed by atoms with Gasteiger partial charge in [-0.05, 0) is 44.7 Å². The van der Waals surface area contributed by atoms with E-state index in [9.17, 15) is 0 Å². The lowest BCUT2D eigenvalue weighted by molar-refractivity contribution is 0.227. The van der Waals surface area contributed by atoms with Crippen LogP contribution in [0.2, 0.25) is 0 Å². The summed E-state index contributed by atoms with van der Waals surface area (Å²) in [5.41, 5.74) is 5.85. The van der Waals surface area contributed by atoms with E-state index in [1.54, 1.807) is 0 Å². The molecular weight excluding hydrogens is 204 g/mol. The molecule has 0 aliphatic heterocycles. The monoisotopic (exact) mass is 228 g/mol. The van der Waals surface area contributed by atoms with Gasteiger partial charge in [0.05, 0.1) is 0 Å². The van der Waals surface area contributed by atoms with Crippen molar-refractivity contribution < 1.29 is 0 Å². The predicted octanol–water partition coefficient (Wildman–Crippen LogP) is 1.96. The Bertz CT molecular complexity index is 206. The van der Waals surface area contributed by atoms with Crippen LogP contribution < -0.4 is 5.73 Å². The van der Waals surface area contributed by atoms with E-state index < -0.39 is 0 Å². The summed E-state index contributed by atoms with van der Waals surface area (Å²) >= 11 is 1.93. The van der Waals surface area contributed by atoms with Gasteiger partial charge in [-0.1, -0.05) is 12.2 Å². The number of nitrogens with zero attached hydrogens (tertiary/aromatic N) is 1. The minimum Gasteiger partial charge on any atom is -0.324 e. The topological polar surface area (TPSA) is 29.3 Å². The van der Waals surface area contributed by atoms with E-state index in [0.717, 1.165) is 13.0 Å². The Morgan fingerprint density at radius 2 is 2.27 bits per heavy atom. The van der Waals surface area contributed by atoms with Gasteiger partial charge in [0.2, 0.25) is 0 Å². The van der Waals surface area contributed by atoms with Crippen LogP contribution >= 0.6 is 11.8 Å².